The van der Waals surface area contributed by atoms with E-state index in [1.807, 2.05) is 31.2 Å². The minimum atomic E-state index is -0.0591. The highest BCUT2D eigenvalue weighted by molar-refractivity contribution is 5.94. The third kappa shape index (κ3) is 4.13. The lowest BCUT2D eigenvalue weighted by molar-refractivity contribution is 0.0933. The number of hydrogen-bond acceptors (Lipinski definition) is 7. The standard InChI is InChI=1S/C19H22N8O/c1-14-23-24-25-27(14)12-15-4-6-16(7-5-15)19(28)22-17-3-2-10-26(13-17)18-11-20-8-9-21-18/h4-9,11,17H,2-3,10,12-13H2,1H3,(H,22,28)/t17-/m0/s1. The third-order valence-electron chi connectivity index (χ3n) is 4.89. The molecule has 1 aliphatic rings. The molecule has 28 heavy (non-hydrogen) atoms. The molecule has 1 aromatic carbocycles. The van der Waals surface area contributed by atoms with E-state index in [1.165, 1.54) is 0 Å². The summed E-state index contributed by atoms with van der Waals surface area (Å²) in [5, 5.41) is 14.6. The Hall–Kier alpha value is -3.36. The monoisotopic (exact) mass is 378 g/mol. The van der Waals surface area contributed by atoms with Crippen LogP contribution in [-0.2, 0) is 6.54 Å². The van der Waals surface area contributed by atoms with E-state index in [2.05, 4.69) is 35.7 Å². The Morgan fingerprint density at radius 2 is 2.11 bits per heavy atom. The molecule has 1 N–H and O–H groups in total. The number of hydrogen-bond donors (Lipinski definition) is 1. The maximum absolute atomic E-state index is 12.6. The van der Waals surface area contributed by atoms with Crippen molar-refractivity contribution in [1.29, 1.82) is 0 Å². The van der Waals surface area contributed by atoms with Crippen molar-refractivity contribution in [1.82, 2.24) is 35.5 Å². The minimum Gasteiger partial charge on any atom is -0.353 e. The third-order valence-corrected chi connectivity index (χ3v) is 4.89. The van der Waals surface area contributed by atoms with E-state index < -0.39 is 0 Å². The fourth-order valence-corrected chi connectivity index (χ4v) is 3.36. The van der Waals surface area contributed by atoms with Gasteiger partial charge in [0.15, 0.2) is 0 Å². The summed E-state index contributed by atoms with van der Waals surface area (Å²) < 4.78 is 1.72. The number of aromatic nitrogens is 6. The van der Waals surface area contributed by atoms with Crippen LogP contribution in [0.2, 0.25) is 0 Å². The first-order chi connectivity index (χ1) is 13.7. The Kier molecular flexibility index (Phi) is 5.22. The highest BCUT2D eigenvalue weighted by atomic mass is 16.1. The highest BCUT2D eigenvalue weighted by Gasteiger charge is 2.22. The molecule has 0 saturated carbocycles. The number of carbonyl (C=O) groups is 1. The van der Waals surface area contributed by atoms with Crippen LogP contribution < -0.4 is 10.2 Å². The first-order valence-corrected chi connectivity index (χ1v) is 9.32. The Morgan fingerprint density at radius 3 is 2.82 bits per heavy atom. The lowest BCUT2D eigenvalue weighted by Crippen LogP contribution is -2.48. The molecule has 1 saturated heterocycles. The first-order valence-electron chi connectivity index (χ1n) is 9.32. The smallest absolute Gasteiger partial charge is 0.251 e. The number of tetrazole rings is 1. The zero-order valence-corrected chi connectivity index (χ0v) is 15.7. The summed E-state index contributed by atoms with van der Waals surface area (Å²) >= 11 is 0. The van der Waals surface area contributed by atoms with Crippen molar-refractivity contribution < 1.29 is 4.79 Å². The molecule has 1 amide bonds. The second-order valence-electron chi connectivity index (χ2n) is 6.90. The molecule has 4 rings (SSSR count). The number of carbonyl (C=O) groups excluding carboxylic acids is 1. The van der Waals surface area contributed by atoms with Crippen molar-refractivity contribution in [2.45, 2.75) is 32.4 Å². The van der Waals surface area contributed by atoms with Crippen LogP contribution in [0.15, 0.2) is 42.9 Å². The van der Waals surface area contributed by atoms with Crippen LogP contribution in [0.4, 0.5) is 5.82 Å². The fourth-order valence-electron chi connectivity index (χ4n) is 3.36. The summed E-state index contributed by atoms with van der Waals surface area (Å²) in [7, 11) is 0. The molecular formula is C19H22N8O. The van der Waals surface area contributed by atoms with Crippen molar-refractivity contribution in [3.8, 4) is 0 Å². The van der Waals surface area contributed by atoms with E-state index in [-0.39, 0.29) is 11.9 Å². The molecule has 0 radical (unpaired) electrons. The van der Waals surface area contributed by atoms with Gasteiger partial charge in [0, 0.05) is 37.1 Å². The molecule has 0 spiro atoms. The molecule has 0 aliphatic carbocycles. The second-order valence-corrected chi connectivity index (χ2v) is 6.90. The molecular weight excluding hydrogens is 356 g/mol. The Morgan fingerprint density at radius 1 is 1.25 bits per heavy atom. The van der Waals surface area contributed by atoms with Gasteiger partial charge in [0.05, 0.1) is 12.7 Å². The molecule has 1 atom stereocenters. The molecule has 0 bridgehead atoms. The van der Waals surface area contributed by atoms with Gasteiger partial charge in [-0.05, 0) is 47.9 Å². The van der Waals surface area contributed by atoms with Gasteiger partial charge in [0.2, 0.25) is 0 Å². The van der Waals surface area contributed by atoms with Crippen LogP contribution in [0.5, 0.6) is 0 Å². The number of nitrogens with one attached hydrogen (secondary N) is 1. The molecule has 1 fully saturated rings. The average Bonchev–Trinajstić information content (AvgIpc) is 3.14. The molecule has 3 aromatic rings. The van der Waals surface area contributed by atoms with Gasteiger partial charge in [-0.3, -0.25) is 9.78 Å². The topological polar surface area (TPSA) is 102 Å². The number of benzene rings is 1. The number of rotatable bonds is 5. The number of aryl methyl sites for hydroxylation is 1. The lowest BCUT2D eigenvalue weighted by Gasteiger charge is -2.33. The molecule has 2 aromatic heterocycles. The fraction of sp³-hybridized carbons (Fsp3) is 0.368. The normalized spacial score (nSPS) is 16.8. The van der Waals surface area contributed by atoms with E-state index >= 15 is 0 Å². The molecule has 144 valence electrons. The Balaban J connectivity index is 1.36. The van der Waals surface area contributed by atoms with Gasteiger partial charge in [-0.25, -0.2) is 9.67 Å². The summed E-state index contributed by atoms with van der Waals surface area (Å²) in [4.78, 5) is 23.3. The van der Waals surface area contributed by atoms with Gasteiger partial charge in [0.25, 0.3) is 5.91 Å². The Bertz CT molecular complexity index is 925. The summed E-state index contributed by atoms with van der Waals surface area (Å²) in [6, 6.07) is 7.64. The predicted octanol–water partition coefficient (Wildman–Crippen LogP) is 1.22. The zero-order valence-electron chi connectivity index (χ0n) is 15.7. The van der Waals surface area contributed by atoms with Crippen molar-refractivity contribution in [3.63, 3.8) is 0 Å². The van der Waals surface area contributed by atoms with E-state index in [1.54, 1.807) is 23.3 Å². The lowest BCUT2D eigenvalue weighted by atomic mass is 10.0. The largest absolute Gasteiger partial charge is 0.353 e. The number of piperidine rings is 1. The van der Waals surface area contributed by atoms with Crippen LogP contribution >= 0.6 is 0 Å². The van der Waals surface area contributed by atoms with E-state index in [9.17, 15) is 4.79 Å². The summed E-state index contributed by atoms with van der Waals surface area (Å²) in [5.74, 6) is 1.55. The minimum absolute atomic E-state index is 0.0591. The van der Waals surface area contributed by atoms with Crippen LogP contribution in [-0.4, -0.2) is 55.2 Å². The quantitative estimate of drug-likeness (QED) is 0.712. The number of anilines is 1. The number of amides is 1. The Labute approximate surface area is 162 Å². The van der Waals surface area contributed by atoms with Crippen molar-refractivity contribution in [3.05, 3.63) is 59.8 Å². The first kappa shape index (κ1) is 18.0. The maximum Gasteiger partial charge on any atom is 0.251 e. The average molecular weight is 378 g/mol. The molecule has 9 heteroatoms. The predicted molar refractivity (Wildman–Crippen MR) is 103 cm³/mol. The molecule has 3 heterocycles. The van der Waals surface area contributed by atoms with Gasteiger partial charge in [-0.15, -0.1) is 5.10 Å². The number of nitrogens with zero attached hydrogens (tertiary/aromatic N) is 7. The van der Waals surface area contributed by atoms with Gasteiger partial charge >= 0.3 is 0 Å². The molecule has 0 unspecified atom stereocenters. The summed E-state index contributed by atoms with van der Waals surface area (Å²) in [6.07, 6.45) is 7.08. The maximum atomic E-state index is 12.6. The zero-order chi connectivity index (χ0) is 19.3. The molecule has 1 aliphatic heterocycles. The van der Waals surface area contributed by atoms with E-state index in [4.69, 9.17) is 0 Å². The summed E-state index contributed by atoms with van der Waals surface area (Å²) in [5.41, 5.74) is 1.69. The highest BCUT2D eigenvalue weighted by Crippen LogP contribution is 2.17. The van der Waals surface area contributed by atoms with Gasteiger partial charge in [0.1, 0.15) is 11.6 Å². The van der Waals surface area contributed by atoms with Crippen molar-refractivity contribution in [2.75, 3.05) is 18.0 Å². The van der Waals surface area contributed by atoms with Gasteiger partial charge in [-0.1, -0.05) is 12.1 Å². The summed E-state index contributed by atoms with van der Waals surface area (Å²) in [6.45, 7) is 4.10. The van der Waals surface area contributed by atoms with Crippen LogP contribution in [0.3, 0.4) is 0 Å². The van der Waals surface area contributed by atoms with E-state index in [0.29, 0.717) is 12.1 Å². The van der Waals surface area contributed by atoms with Gasteiger partial charge in [-0.2, -0.15) is 0 Å². The van der Waals surface area contributed by atoms with Gasteiger partial charge < -0.3 is 10.2 Å². The van der Waals surface area contributed by atoms with E-state index in [0.717, 1.165) is 43.1 Å². The van der Waals surface area contributed by atoms with Crippen molar-refractivity contribution in [2.24, 2.45) is 0 Å². The van der Waals surface area contributed by atoms with Crippen LogP contribution in [0.25, 0.3) is 0 Å². The molecule has 9 nitrogen and oxygen atoms in total. The van der Waals surface area contributed by atoms with Crippen molar-refractivity contribution >= 4 is 11.7 Å². The van der Waals surface area contributed by atoms with Crippen LogP contribution in [0.1, 0.15) is 34.6 Å². The second kappa shape index (κ2) is 8.12. The SMILES string of the molecule is Cc1nnnn1Cc1ccc(C(=O)N[C@H]2CCCN(c3cnccn3)C2)cc1. The van der Waals surface area contributed by atoms with Crippen LogP contribution in [0, 0.1) is 6.92 Å².